The summed E-state index contributed by atoms with van der Waals surface area (Å²) in [5.74, 6) is -1.13. The summed E-state index contributed by atoms with van der Waals surface area (Å²) in [6, 6.07) is 17.1. The van der Waals surface area contributed by atoms with Gasteiger partial charge in [-0.25, -0.2) is 8.78 Å². The number of hydrogen-bond donors (Lipinski definition) is 0. The van der Waals surface area contributed by atoms with Crippen LogP contribution in [-0.2, 0) is 10.9 Å². The number of ether oxygens (including phenoxy) is 1. The van der Waals surface area contributed by atoms with Gasteiger partial charge in [0.25, 0.3) is 0 Å². The van der Waals surface area contributed by atoms with Crippen LogP contribution in [0.2, 0.25) is 0 Å². The van der Waals surface area contributed by atoms with E-state index in [1.54, 1.807) is 24.3 Å². The van der Waals surface area contributed by atoms with Crippen LogP contribution in [-0.4, -0.2) is 6.36 Å². The highest BCUT2D eigenvalue weighted by molar-refractivity contribution is 7.97. The zero-order chi connectivity index (χ0) is 18.7. The molecule has 1 nitrogen and oxygen atoms in total. The van der Waals surface area contributed by atoms with E-state index in [4.69, 9.17) is 0 Å². The lowest BCUT2D eigenvalue weighted by molar-refractivity contribution is -0.274. The minimum Gasteiger partial charge on any atom is -0.406 e. The van der Waals surface area contributed by atoms with Crippen LogP contribution in [0.25, 0.3) is 0 Å². The molecule has 0 saturated carbocycles. The molecule has 0 amide bonds. The summed E-state index contributed by atoms with van der Waals surface area (Å²) in [7, 11) is -0.733. The molecule has 0 aliphatic heterocycles. The summed E-state index contributed by atoms with van der Waals surface area (Å²) >= 11 is 0. The van der Waals surface area contributed by atoms with Gasteiger partial charge in [-0.2, -0.15) is 0 Å². The van der Waals surface area contributed by atoms with Crippen molar-refractivity contribution in [2.75, 3.05) is 0 Å². The van der Waals surface area contributed by atoms with Gasteiger partial charge in [0.2, 0.25) is 0 Å². The van der Waals surface area contributed by atoms with Gasteiger partial charge < -0.3 is 4.74 Å². The molecule has 0 aliphatic rings. The Morgan fingerprint density at radius 1 is 0.577 bits per heavy atom. The Morgan fingerprint density at radius 2 is 0.923 bits per heavy atom. The van der Waals surface area contributed by atoms with Crippen LogP contribution in [0.5, 0.6) is 5.75 Å². The summed E-state index contributed by atoms with van der Waals surface area (Å²) in [5, 5.41) is 0. The standard InChI is InChI=1S/C19H12F5OS/c20-13-1-7-16(8-2-13)26(17-9-3-14(21)4-10-17)18-11-5-15(6-12-18)25-19(22,23)24/h1-12H/q+1. The average molecular weight is 383 g/mol. The van der Waals surface area contributed by atoms with Gasteiger partial charge >= 0.3 is 6.36 Å². The van der Waals surface area contributed by atoms with Crippen LogP contribution in [0.15, 0.2) is 87.5 Å². The minimum atomic E-state index is -4.77. The number of benzene rings is 3. The molecule has 7 heteroatoms. The average Bonchev–Trinajstić information content (AvgIpc) is 2.59. The van der Waals surface area contributed by atoms with Gasteiger partial charge in [0, 0.05) is 0 Å². The molecular weight excluding hydrogens is 371 g/mol. The summed E-state index contributed by atoms with van der Waals surface area (Å²) in [6.07, 6.45) is -4.77. The Kier molecular flexibility index (Phi) is 5.18. The van der Waals surface area contributed by atoms with Gasteiger partial charge in [-0.15, -0.1) is 13.2 Å². The third-order valence-electron chi connectivity index (χ3n) is 3.39. The van der Waals surface area contributed by atoms with Gasteiger partial charge in [0.1, 0.15) is 17.4 Å². The second kappa shape index (κ2) is 7.37. The van der Waals surface area contributed by atoms with Crippen LogP contribution in [0.3, 0.4) is 0 Å². The Morgan fingerprint density at radius 3 is 1.27 bits per heavy atom. The lowest BCUT2D eigenvalue weighted by Crippen LogP contribution is -2.17. The zero-order valence-electron chi connectivity index (χ0n) is 13.1. The SMILES string of the molecule is Fc1ccc([S+](c2ccc(F)cc2)c2ccc(OC(F)(F)F)cc2)cc1. The highest BCUT2D eigenvalue weighted by atomic mass is 32.2. The Bertz CT molecular complexity index is 813. The normalized spacial score (nSPS) is 11.6. The molecule has 3 aromatic rings. The fraction of sp³-hybridized carbons (Fsp3) is 0.0526. The Balaban J connectivity index is 2.00. The molecule has 0 aromatic heterocycles. The third-order valence-corrected chi connectivity index (χ3v) is 5.62. The van der Waals surface area contributed by atoms with Crippen molar-refractivity contribution >= 4 is 10.9 Å². The highest BCUT2D eigenvalue weighted by Crippen LogP contribution is 2.33. The van der Waals surface area contributed by atoms with Crippen molar-refractivity contribution < 1.29 is 26.7 Å². The molecule has 0 atom stereocenters. The molecule has 0 fully saturated rings. The van der Waals surface area contributed by atoms with Crippen molar-refractivity contribution in [2.45, 2.75) is 21.0 Å². The van der Waals surface area contributed by atoms with Crippen molar-refractivity contribution in [1.29, 1.82) is 0 Å². The van der Waals surface area contributed by atoms with Crippen LogP contribution in [0.4, 0.5) is 22.0 Å². The Hall–Kier alpha value is -2.54. The largest absolute Gasteiger partial charge is 0.573 e. The molecule has 3 aromatic carbocycles. The van der Waals surface area contributed by atoms with Gasteiger partial charge in [-0.3, -0.25) is 0 Å². The lowest BCUT2D eigenvalue weighted by atomic mass is 10.3. The third kappa shape index (κ3) is 4.54. The van der Waals surface area contributed by atoms with E-state index in [-0.39, 0.29) is 5.75 Å². The van der Waals surface area contributed by atoms with E-state index in [0.717, 1.165) is 9.79 Å². The lowest BCUT2D eigenvalue weighted by Gasteiger charge is -2.10. The molecule has 0 aliphatic carbocycles. The van der Waals surface area contributed by atoms with E-state index >= 15 is 0 Å². The van der Waals surface area contributed by atoms with E-state index in [1.165, 1.54) is 48.5 Å². The molecule has 0 N–H and O–H groups in total. The molecule has 0 unspecified atom stereocenters. The number of hydrogen-bond acceptors (Lipinski definition) is 1. The van der Waals surface area contributed by atoms with Crippen LogP contribution in [0.1, 0.15) is 0 Å². The fourth-order valence-electron chi connectivity index (χ4n) is 2.33. The van der Waals surface area contributed by atoms with Crippen molar-refractivity contribution in [3.63, 3.8) is 0 Å². The van der Waals surface area contributed by atoms with Crippen molar-refractivity contribution in [3.05, 3.63) is 84.4 Å². The molecule has 0 saturated heterocycles. The highest BCUT2D eigenvalue weighted by Gasteiger charge is 2.32. The first-order valence-electron chi connectivity index (χ1n) is 7.43. The second-order valence-electron chi connectivity index (χ2n) is 5.23. The maximum absolute atomic E-state index is 13.2. The number of rotatable bonds is 4. The molecule has 0 heterocycles. The molecular formula is C19H12F5OS+. The quantitative estimate of drug-likeness (QED) is 0.399. The van der Waals surface area contributed by atoms with Crippen LogP contribution >= 0.6 is 0 Å². The topological polar surface area (TPSA) is 9.23 Å². The first-order valence-corrected chi connectivity index (χ1v) is 8.65. The van der Waals surface area contributed by atoms with Crippen molar-refractivity contribution in [2.24, 2.45) is 0 Å². The maximum Gasteiger partial charge on any atom is 0.573 e. The monoisotopic (exact) mass is 383 g/mol. The molecule has 0 radical (unpaired) electrons. The molecule has 0 bridgehead atoms. The molecule has 3 rings (SSSR count). The Labute approximate surface area is 149 Å². The van der Waals surface area contributed by atoms with Gasteiger partial charge in [0.15, 0.2) is 14.7 Å². The van der Waals surface area contributed by atoms with E-state index in [0.29, 0.717) is 4.90 Å². The molecule has 0 spiro atoms. The minimum absolute atomic E-state index is 0.331. The van der Waals surface area contributed by atoms with Crippen LogP contribution in [0, 0.1) is 11.6 Å². The first kappa shape index (κ1) is 18.3. The summed E-state index contributed by atoms with van der Waals surface area (Å²) in [4.78, 5) is 2.20. The van der Waals surface area contributed by atoms with Gasteiger partial charge in [-0.1, -0.05) is 0 Å². The zero-order valence-corrected chi connectivity index (χ0v) is 14.0. The van der Waals surface area contributed by atoms with Crippen molar-refractivity contribution in [3.8, 4) is 5.75 Å². The predicted octanol–water partition coefficient (Wildman–Crippen LogP) is 5.96. The summed E-state index contributed by atoms with van der Waals surface area (Å²) < 4.78 is 67.3. The fourth-order valence-corrected chi connectivity index (χ4v) is 4.37. The number of halogens is 5. The smallest absolute Gasteiger partial charge is 0.406 e. The summed E-state index contributed by atoms with van der Waals surface area (Å²) in [5.41, 5.74) is 0. The predicted molar refractivity (Wildman–Crippen MR) is 88.1 cm³/mol. The molecule has 26 heavy (non-hydrogen) atoms. The van der Waals surface area contributed by atoms with E-state index in [1.807, 2.05) is 0 Å². The number of alkyl halides is 3. The van der Waals surface area contributed by atoms with Crippen molar-refractivity contribution in [1.82, 2.24) is 0 Å². The van der Waals surface area contributed by atoms with Gasteiger partial charge in [0.05, 0.1) is 10.9 Å². The van der Waals surface area contributed by atoms with E-state index < -0.39 is 28.9 Å². The maximum atomic E-state index is 13.2. The van der Waals surface area contributed by atoms with E-state index in [2.05, 4.69) is 4.74 Å². The summed E-state index contributed by atoms with van der Waals surface area (Å²) in [6.45, 7) is 0. The van der Waals surface area contributed by atoms with E-state index in [9.17, 15) is 22.0 Å². The van der Waals surface area contributed by atoms with Crippen LogP contribution < -0.4 is 4.74 Å². The van der Waals surface area contributed by atoms with Gasteiger partial charge in [-0.05, 0) is 72.8 Å². The first-order chi connectivity index (χ1) is 12.3. The molecule has 134 valence electrons. The second-order valence-corrected chi connectivity index (χ2v) is 7.26.